The third-order valence-electron chi connectivity index (χ3n) is 3.52. The lowest BCUT2D eigenvalue weighted by molar-refractivity contribution is -0.123. The number of hydrogen-bond acceptors (Lipinski definition) is 2. The van der Waals surface area contributed by atoms with Gasteiger partial charge in [-0.25, -0.2) is 0 Å². The van der Waals surface area contributed by atoms with Crippen LogP contribution in [0.4, 0.5) is 0 Å². The molecule has 116 valence electrons. The van der Waals surface area contributed by atoms with E-state index in [1.165, 1.54) is 0 Å². The summed E-state index contributed by atoms with van der Waals surface area (Å²) >= 11 is 6.05. The first-order chi connectivity index (χ1) is 11.2. The van der Waals surface area contributed by atoms with Crippen LogP contribution in [0.25, 0.3) is 10.8 Å². The first-order valence-corrected chi connectivity index (χ1v) is 7.72. The molecule has 1 N–H and O–H groups in total. The van der Waals surface area contributed by atoms with Crippen LogP contribution in [-0.4, -0.2) is 12.5 Å². The van der Waals surface area contributed by atoms with Crippen molar-refractivity contribution in [2.45, 2.75) is 6.54 Å². The van der Waals surface area contributed by atoms with Crippen LogP contribution in [0, 0.1) is 0 Å². The van der Waals surface area contributed by atoms with Gasteiger partial charge in [0, 0.05) is 11.6 Å². The molecule has 0 unspecified atom stereocenters. The summed E-state index contributed by atoms with van der Waals surface area (Å²) < 4.78 is 5.55. The molecule has 3 rings (SSSR count). The monoisotopic (exact) mass is 325 g/mol. The molecule has 3 aromatic rings. The second-order valence-corrected chi connectivity index (χ2v) is 5.57. The number of hydrogen-bond donors (Lipinski definition) is 1. The van der Waals surface area contributed by atoms with Crippen LogP contribution in [0.2, 0.25) is 5.02 Å². The molecule has 0 radical (unpaired) electrons. The number of carbonyl (C=O) groups is 1. The molecule has 0 bridgehead atoms. The van der Waals surface area contributed by atoms with E-state index in [9.17, 15) is 4.79 Å². The van der Waals surface area contributed by atoms with Crippen molar-refractivity contribution in [2.75, 3.05) is 6.61 Å². The van der Waals surface area contributed by atoms with Crippen LogP contribution in [0.5, 0.6) is 5.75 Å². The Hall–Kier alpha value is -2.52. The summed E-state index contributed by atoms with van der Waals surface area (Å²) in [6.45, 7) is 0.363. The van der Waals surface area contributed by atoms with Gasteiger partial charge in [-0.1, -0.05) is 60.1 Å². The predicted octanol–water partition coefficient (Wildman–Crippen LogP) is 4.19. The maximum Gasteiger partial charge on any atom is 0.258 e. The maximum atomic E-state index is 11.9. The minimum Gasteiger partial charge on any atom is -0.484 e. The van der Waals surface area contributed by atoms with Gasteiger partial charge in [0.1, 0.15) is 5.75 Å². The van der Waals surface area contributed by atoms with Crippen LogP contribution < -0.4 is 10.1 Å². The second-order valence-electron chi connectivity index (χ2n) is 5.17. The molecule has 23 heavy (non-hydrogen) atoms. The highest BCUT2D eigenvalue weighted by Crippen LogP contribution is 2.20. The van der Waals surface area contributed by atoms with Gasteiger partial charge in [-0.05, 0) is 34.5 Å². The molecule has 0 spiro atoms. The predicted molar refractivity (Wildman–Crippen MR) is 92.7 cm³/mol. The minimum absolute atomic E-state index is 0.0250. The fourth-order valence-electron chi connectivity index (χ4n) is 2.29. The molecule has 0 heterocycles. The largest absolute Gasteiger partial charge is 0.484 e. The maximum absolute atomic E-state index is 11.9. The number of benzene rings is 3. The van der Waals surface area contributed by atoms with Crippen molar-refractivity contribution in [1.29, 1.82) is 0 Å². The Morgan fingerprint density at radius 3 is 2.52 bits per heavy atom. The van der Waals surface area contributed by atoms with Crippen molar-refractivity contribution < 1.29 is 9.53 Å². The third kappa shape index (κ3) is 4.02. The van der Waals surface area contributed by atoms with Crippen molar-refractivity contribution in [1.82, 2.24) is 5.32 Å². The number of halogens is 1. The lowest BCUT2D eigenvalue weighted by atomic mass is 10.1. The molecule has 0 aliphatic carbocycles. The van der Waals surface area contributed by atoms with E-state index in [2.05, 4.69) is 5.32 Å². The fraction of sp³-hybridized carbons (Fsp3) is 0.105. The molecule has 1 amide bonds. The van der Waals surface area contributed by atoms with Gasteiger partial charge >= 0.3 is 0 Å². The van der Waals surface area contributed by atoms with Gasteiger partial charge in [0.25, 0.3) is 5.91 Å². The first-order valence-electron chi connectivity index (χ1n) is 7.34. The van der Waals surface area contributed by atoms with Crippen LogP contribution in [-0.2, 0) is 11.3 Å². The molecule has 0 aromatic heterocycles. The van der Waals surface area contributed by atoms with Gasteiger partial charge in [0.05, 0.1) is 0 Å². The normalized spacial score (nSPS) is 10.5. The Morgan fingerprint density at radius 1 is 0.957 bits per heavy atom. The minimum atomic E-state index is -0.182. The fourth-order valence-corrected chi connectivity index (χ4v) is 2.50. The van der Waals surface area contributed by atoms with E-state index >= 15 is 0 Å². The van der Waals surface area contributed by atoms with Gasteiger partial charge in [-0.15, -0.1) is 0 Å². The molecule has 0 fully saturated rings. The second kappa shape index (κ2) is 7.16. The molecule has 3 nitrogen and oxygen atoms in total. The first kappa shape index (κ1) is 15.4. The Bertz CT molecular complexity index is 832. The number of rotatable bonds is 5. The summed E-state index contributed by atoms with van der Waals surface area (Å²) in [4.78, 5) is 11.9. The highest BCUT2D eigenvalue weighted by Gasteiger charge is 2.05. The van der Waals surface area contributed by atoms with Crippen molar-refractivity contribution >= 4 is 28.3 Å². The van der Waals surface area contributed by atoms with E-state index in [1.54, 1.807) is 6.07 Å². The summed E-state index contributed by atoms with van der Waals surface area (Å²) in [5.41, 5.74) is 0.883. The quantitative estimate of drug-likeness (QED) is 0.764. The Kier molecular flexibility index (Phi) is 4.79. The van der Waals surface area contributed by atoms with E-state index < -0.39 is 0 Å². The smallest absolute Gasteiger partial charge is 0.258 e. The van der Waals surface area contributed by atoms with E-state index in [4.69, 9.17) is 16.3 Å². The van der Waals surface area contributed by atoms with Crippen LogP contribution in [0.1, 0.15) is 5.56 Å². The highest BCUT2D eigenvalue weighted by molar-refractivity contribution is 6.31. The zero-order valence-corrected chi connectivity index (χ0v) is 13.2. The number of ether oxygens (including phenoxy) is 1. The van der Waals surface area contributed by atoms with Crippen LogP contribution in [0.15, 0.2) is 66.7 Å². The summed E-state index contributed by atoms with van der Waals surface area (Å²) in [5, 5.41) is 5.67. The zero-order valence-electron chi connectivity index (χ0n) is 12.5. The SMILES string of the molecule is O=C(COc1ccc2ccccc2c1)NCc1ccccc1Cl. The van der Waals surface area contributed by atoms with Gasteiger partial charge in [-0.2, -0.15) is 0 Å². The summed E-state index contributed by atoms with van der Waals surface area (Å²) in [5.74, 6) is 0.495. The molecule has 0 aliphatic rings. The van der Waals surface area contributed by atoms with Crippen molar-refractivity contribution in [3.8, 4) is 5.75 Å². The molecule has 0 atom stereocenters. The molecule has 0 saturated heterocycles. The average molecular weight is 326 g/mol. The molecular formula is C19H16ClNO2. The summed E-state index contributed by atoms with van der Waals surface area (Å²) in [7, 11) is 0. The van der Waals surface area contributed by atoms with Crippen molar-refractivity contribution in [3.05, 3.63) is 77.3 Å². The molecule has 0 saturated carbocycles. The van der Waals surface area contributed by atoms with E-state index in [0.717, 1.165) is 16.3 Å². The molecule has 3 aromatic carbocycles. The van der Waals surface area contributed by atoms with Crippen molar-refractivity contribution in [2.24, 2.45) is 0 Å². The number of fused-ring (bicyclic) bond motifs is 1. The standard InChI is InChI=1S/C19H16ClNO2/c20-18-8-4-3-7-16(18)12-21-19(22)13-23-17-10-9-14-5-1-2-6-15(14)11-17/h1-11H,12-13H2,(H,21,22). The topological polar surface area (TPSA) is 38.3 Å². The van der Waals surface area contributed by atoms with E-state index in [0.29, 0.717) is 17.3 Å². The molecular weight excluding hydrogens is 310 g/mol. The summed E-state index contributed by atoms with van der Waals surface area (Å²) in [6.07, 6.45) is 0. The molecule has 0 aliphatic heterocycles. The van der Waals surface area contributed by atoms with Gasteiger partial charge in [0.15, 0.2) is 6.61 Å². The average Bonchev–Trinajstić information content (AvgIpc) is 2.59. The Balaban J connectivity index is 1.54. The number of amides is 1. The van der Waals surface area contributed by atoms with E-state index in [1.807, 2.05) is 60.7 Å². The Labute approximate surface area is 139 Å². The van der Waals surface area contributed by atoms with Gasteiger partial charge in [0.2, 0.25) is 0 Å². The van der Waals surface area contributed by atoms with Crippen LogP contribution in [0.3, 0.4) is 0 Å². The van der Waals surface area contributed by atoms with Gasteiger partial charge in [-0.3, -0.25) is 4.79 Å². The highest BCUT2D eigenvalue weighted by atomic mass is 35.5. The van der Waals surface area contributed by atoms with Gasteiger partial charge < -0.3 is 10.1 Å². The lowest BCUT2D eigenvalue weighted by Crippen LogP contribution is -2.28. The molecule has 4 heteroatoms. The lowest BCUT2D eigenvalue weighted by Gasteiger charge is -2.09. The zero-order chi connectivity index (χ0) is 16.1. The summed E-state index contributed by atoms with van der Waals surface area (Å²) in [6, 6.07) is 21.2. The third-order valence-corrected chi connectivity index (χ3v) is 3.89. The Morgan fingerprint density at radius 2 is 1.70 bits per heavy atom. The van der Waals surface area contributed by atoms with Crippen LogP contribution >= 0.6 is 11.6 Å². The number of carbonyl (C=O) groups excluding carboxylic acids is 1. The van der Waals surface area contributed by atoms with Crippen molar-refractivity contribution in [3.63, 3.8) is 0 Å². The number of nitrogens with one attached hydrogen (secondary N) is 1. The van der Waals surface area contributed by atoms with E-state index in [-0.39, 0.29) is 12.5 Å².